The van der Waals surface area contributed by atoms with Crippen molar-refractivity contribution in [2.75, 3.05) is 5.32 Å². The molecule has 0 aromatic heterocycles. The summed E-state index contributed by atoms with van der Waals surface area (Å²) in [6, 6.07) is 4.37. The van der Waals surface area contributed by atoms with Crippen molar-refractivity contribution >= 4 is 5.69 Å². The third kappa shape index (κ3) is 1.79. The lowest BCUT2D eigenvalue weighted by atomic mass is 9.93. The van der Waals surface area contributed by atoms with Crippen molar-refractivity contribution in [2.45, 2.75) is 25.3 Å². The standard InChI is InChI=1S/C10H11F2N/c11-9-5-4-8(6-10(9)12)13-7-2-1-3-7/h4-7,13H,1-3H2. The van der Waals surface area contributed by atoms with Crippen LogP contribution in [0, 0.1) is 11.6 Å². The van der Waals surface area contributed by atoms with Gasteiger partial charge in [-0.2, -0.15) is 0 Å². The van der Waals surface area contributed by atoms with Gasteiger partial charge in [-0.05, 0) is 31.4 Å². The van der Waals surface area contributed by atoms with Gasteiger partial charge in [0.05, 0.1) is 0 Å². The second kappa shape index (κ2) is 3.32. The first-order valence-corrected chi connectivity index (χ1v) is 4.47. The van der Waals surface area contributed by atoms with Crippen LogP contribution in [0.4, 0.5) is 14.5 Å². The quantitative estimate of drug-likeness (QED) is 0.743. The number of hydrogen-bond donors (Lipinski definition) is 1. The lowest BCUT2D eigenvalue weighted by Gasteiger charge is -2.27. The van der Waals surface area contributed by atoms with Gasteiger partial charge in [0.1, 0.15) is 0 Å². The van der Waals surface area contributed by atoms with Crippen LogP contribution < -0.4 is 5.32 Å². The zero-order valence-electron chi connectivity index (χ0n) is 7.19. The second-order valence-electron chi connectivity index (χ2n) is 3.40. The minimum atomic E-state index is -0.792. The number of halogens is 2. The van der Waals surface area contributed by atoms with Gasteiger partial charge < -0.3 is 5.32 Å². The van der Waals surface area contributed by atoms with E-state index in [0.717, 1.165) is 18.9 Å². The first kappa shape index (κ1) is 8.48. The van der Waals surface area contributed by atoms with E-state index in [9.17, 15) is 8.78 Å². The predicted molar refractivity (Wildman–Crippen MR) is 47.6 cm³/mol. The van der Waals surface area contributed by atoms with Gasteiger partial charge in [0.2, 0.25) is 0 Å². The van der Waals surface area contributed by atoms with E-state index in [4.69, 9.17) is 0 Å². The molecule has 1 N–H and O–H groups in total. The summed E-state index contributed by atoms with van der Waals surface area (Å²) < 4.78 is 25.3. The fourth-order valence-corrected chi connectivity index (χ4v) is 1.37. The van der Waals surface area contributed by atoms with Gasteiger partial charge in [0, 0.05) is 17.8 Å². The highest BCUT2D eigenvalue weighted by Crippen LogP contribution is 2.23. The molecular formula is C10H11F2N. The molecule has 1 saturated carbocycles. The maximum Gasteiger partial charge on any atom is 0.160 e. The molecule has 2 rings (SSSR count). The van der Waals surface area contributed by atoms with Crippen LogP contribution in [0.1, 0.15) is 19.3 Å². The Balaban J connectivity index is 2.07. The third-order valence-electron chi connectivity index (χ3n) is 2.40. The van der Waals surface area contributed by atoms with E-state index in [2.05, 4.69) is 5.32 Å². The molecule has 0 spiro atoms. The van der Waals surface area contributed by atoms with Crippen molar-refractivity contribution in [3.8, 4) is 0 Å². The van der Waals surface area contributed by atoms with E-state index < -0.39 is 11.6 Å². The summed E-state index contributed by atoms with van der Waals surface area (Å²) in [5, 5.41) is 3.14. The first-order valence-electron chi connectivity index (χ1n) is 4.47. The minimum Gasteiger partial charge on any atom is -0.382 e. The van der Waals surface area contributed by atoms with Crippen LogP contribution in [0.25, 0.3) is 0 Å². The molecule has 1 aliphatic carbocycles. The third-order valence-corrected chi connectivity index (χ3v) is 2.40. The normalized spacial score (nSPS) is 16.8. The molecule has 0 radical (unpaired) electrons. The molecule has 1 aliphatic rings. The van der Waals surface area contributed by atoms with E-state index >= 15 is 0 Å². The van der Waals surface area contributed by atoms with Crippen LogP contribution in [0.15, 0.2) is 18.2 Å². The van der Waals surface area contributed by atoms with Gasteiger partial charge in [-0.15, -0.1) is 0 Å². The number of anilines is 1. The minimum absolute atomic E-state index is 0.449. The number of rotatable bonds is 2. The van der Waals surface area contributed by atoms with Crippen molar-refractivity contribution in [3.05, 3.63) is 29.8 Å². The van der Waals surface area contributed by atoms with Crippen LogP contribution in [0.5, 0.6) is 0 Å². The highest BCUT2D eigenvalue weighted by Gasteiger charge is 2.17. The lowest BCUT2D eigenvalue weighted by Crippen LogP contribution is -2.26. The van der Waals surface area contributed by atoms with Crippen molar-refractivity contribution in [1.82, 2.24) is 0 Å². The molecule has 0 aliphatic heterocycles. The largest absolute Gasteiger partial charge is 0.382 e. The van der Waals surface area contributed by atoms with Crippen molar-refractivity contribution < 1.29 is 8.78 Å². The molecule has 0 saturated heterocycles. The Morgan fingerprint density at radius 2 is 1.92 bits per heavy atom. The Bertz CT molecular complexity index is 308. The maximum atomic E-state index is 12.7. The second-order valence-corrected chi connectivity index (χ2v) is 3.40. The fourth-order valence-electron chi connectivity index (χ4n) is 1.37. The molecule has 1 fully saturated rings. The number of hydrogen-bond acceptors (Lipinski definition) is 1. The van der Waals surface area contributed by atoms with Crippen LogP contribution in [-0.4, -0.2) is 6.04 Å². The molecule has 13 heavy (non-hydrogen) atoms. The van der Waals surface area contributed by atoms with Crippen LogP contribution >= 0.6 is 0 Å². The molecule has 0 heterocycles. The Morgan fingerprint density at radius 1 is 1.15 bits per heavy atom. The zero-order chi connectivity index (χ0) is 9.26. The summed E-state index contributed by atoms with van der Waals surface area (Å²) in [6.45, 7) is 0. The molecule has 0 unspecified atom stereocenters. The Kier molecular flexibility index (Phi) is 2.17. The molecular weight excluding hydrogens is 172 g/mol. The van der Waals surface area contributed by atoms with Crippen LogP contribution in [0.3, 0.4) is 0 Å². The van der Waals surface area contributed by atoms with Crippen molar-refractivity contribution in [1.29, 1.82) is 0 Å². The average molecular weight is 183 g/mol. The molecule has 1 aromatic rings. The average Bonchev–Trinajstić information content (AvgIpc) is 2.04. The summed E-state index contributed by atoms with van der Waals surface area (Å²) in [5.41, 5.74) is 0.670. The molecule has 70 valence electrons. The molecule has 3 heteroatoms. The monoisotopic (exact) mass is 183 g/mol. The SMILES string of the molecule is Fc1ccc(NC2CCC2)cc1F. The van der Waals surface area contributed by atoms with Gasteiger partial charge >= 0.3 is 0 Å². The van der Waals surface area contributed by atoms with Crippen LogP contribution in [0.2, 0.25) is 0 Å². The Hall–Kier alpha value is -1.12. The highest BCUT2D eigenvalue weighted by molar-refractivity contribution is 5.44. The van der Waals surface area contributed by atoms with Crippen LogP contribution in [-0.2, 0) is 0 Å². The lowest BCUT2D eigenvalue weighted by molar-refractivity contribution is 0.444. The Labute approximate surface area is 75.8 Å². The summed E-state index contributed by atoms with van der Waals surface area (Å²) in [7, 11) is 0. The molecule has 0 bridgehead atoms. The van der Waals surface area contributed by atoms with Gasteiger partial charge in [0.15, 0.2) is 11.6 Å². The molecule has 0 amide bonds. The number of benzene rings is 1. The first-order chi connectivity index (χ1) is 6.25. The topological polar surface area (TPSA) is 12.0 Å². The van der Waals surface area contributed by atoms with Gasteiger partial charge in [-0.25, -0.2) is 8.78 Å². The van der Waals surface area contributed by atoms with Gasteiger partial charge in [-0.1, -0.05) is 0 Å². The van der Waals surface area contributed by atoms with E-state index in [-0.39, 0.29) is 0 Å². The van der Waals surface area contributed by atoms with E-state index in [1.807, 2.05) is 0 Å². The van der Waals surface area contributed by atoms with E-state index in [0.29, 0.717) is 11.7 Å². The van der Waals surface area contributed by atoms with Gasteiger partial charge in [-0.3, -0.25) is 0 Å². The van der Waals surface area contributed by atoms with Crippen molar-refractivity contribution in [2.24, 2.45) is 0 Å². The van der Waals surface area contributed by atoms with Crippen molar-refractivity contribution in [3.63, 3.8) is 0 Å². The smallest absolute Gasteiger partial charge is 0.160 e. The Morgan fingerprint density at radius 3 is 2.46 bits per heavy atom. The molecule has 1 nitrogen and oxygen atoms in total. The van der Waals surface area contributed by atoms with E-state index in [1.54, 1.807) is 6.07 Å². The summed E-state index contributed by atoms with van der Waals surface area (Å²) >= 11 is 0. The zero-order valence-corrected chi connectivity index (χ0v) is 7.19. The number of nitrogens with one attached hydrogen (secondary N) is 1. The summed E-state index contributed by atoms with van der Waals surface area (Å²) in [5.74, 6) is -1.58. The predicted octanol–water partition coefficient (Wildman–Crippen LogP) is 2.93. The fraction of sp³-hybridized carbons (Fsp3) is 0.400. The highest BCUT2D eigenvalue weighted by atomic mass is 19.2. The summed E-state index contributed by atoms with van der Waals surface area (Å²) in [4.78, 5) is 0. The summed E-state index contributed by atoms with van der Waals surface area (Å²) in [6.07, 6.45) is 3.47. The molecule has 0 atom stereocenters. The van der Waals surface area contributed by atoms with Gasteiger partial charge in [0.25, 0.3) is 0 Å². The molecule has 1 aromatic carbocycles. The van der Waals surface area contributed by atoms with E-state index in [1.165, 1.54) is 12.5 Å². The maximum absolute atomic E-state index is 12.7.